The average molecular weight is 1020 g/mol. The number of piperidine rings is 1. The number of methoxy groups -OCH3 is 1. The number of aliphatic carboxylic acids is 4. The molecular formula is C48H53F5N6O11S. The van der Waals surface area contributed by atoms with Crippen molar-refractivity contribution in [1.82, 2.24) is 29.1 Å². The summed E-state index contributed by atoms with van der Waals surface area (Å²) in [5.74, 6) is -6.53. The van der Waals surface area contributed by atoms with E-state index in [0.29, 0.717) is 30.6 Å². The van der Waals surface area contributed by atoms with Crippen molar-refractivity contribution in [3.63, 3.8) is 0 Å². The van der Waals surface area contributed by atoms with Crippen LogP contribution in [-0.2, 0) is 67.2 Å². The third kappa shape index (κ3) is 19.0. The number of likely N-dealkylation sites (tertiary alicyclic amines) is 1. The minimum absolute atomic E-state index is 0.0267. The Morgan fingerprint density at radius 3 is 1.86 bits per heavy atom. The summed E-state index contributed by atoms with van der Waals surface area (Å²) in [7, 11) is 3.42. The molecule has 6 rings (SSSR count). The van der Waals surface area contributed by atoms with Gasteiger partial charge in [-0.25, -0.2) is 8.78 Å². The zero-order valence-corrected chi connectivity index (χ0v) is 39.5. The molecule has 0 atom stereocenters. The van der Waals surface area contributed by atoms with Gasteiger partial charge >= 0.3 is 30.1 Å². The van der Waals surface area contributed by atoms with Crippen molar-refractivity contribution in [2.24, 2.45) is 7.05 Å². The summed E-state index contributed by atoms with van der Waals surface area (Å²) in [5, 5.41) is 36.0. The second kappa shape index (κ2) is 27.4. The van der Waals surface area contributed by atoms with Gasteiger partial charge in [0.1, 0.15) is 6.54 Å². The highest BCUT2D eigenvalue weighted by Gasteiger charge is 2.31. The van der Waals surface area contributed by atoms with Crippen LogP contribution in [0.4, 0.5) is 22.0 Å². The van der Waals surface area contributed by atoms with Gasteiger partial charge in [0, 0.05) is 82.1 Å². The van der Waals surface area contributed by atoms with Crippen LogP contribution in [0.2, 0.25) is 0 Å². The lowest BCUT2D eigenvalue weighted by atomic mass is 10.00. The first-order valence-corrected chi connectivity index (χ1v) is 22.9. The van der Waals surface area contributed by atoms with Crippen molar-refractivity contribution in [1.29, 1.82) is 0 Å². The highest BCUT2D eigenvalue weighted by molar-refractivity contribution is 7.98. The fourth-order valence-electron chi connectivity index (χ4n) is 7.07. The molecule has 3 heterocycles. The van der Waals surface area contributed by atoms with Gasteiger partial charge in [-0.05, 0) is 53.3 Å². The predicted molar refractivity (Wildman–Crippen MR) is 248 cm³/mol. The lowest BCUT2D eigenvalue weighted by molar-refractivity contribution is -0.143. The van der Waals surface area contributed by atoms with Crippen molar-refractivity contribution in [2.45, 2.75) is 81.2 Å². The summed E-state index contributed by atoms with van der Waals surface area (Å²) >= 11 is 1.04. The Hall–Kier alpha value is -6.98. The molecule has 0 unspecified atom stereocenters. The number of carbonyl (C=O) groups excluding carboxylic acids is 1. The molecule has 17 nitrogen and oxygen atoms in total. The van der Waals surface area contributed by atoms with Crippen molar-refractivity contribution in [3.8, 4) is 11.1 Å². The Morgan fingerprint density at radius 1 is 0.789 bits per heavy atom. The Kier molecular flexibility index (Phi) is 21.9. The van der Waals surface area contributed by atoms with Crippen LogP contribution in [0.5, 0.6) is 0 Å². The summed E-state index contributed by atoms with van der Waals surface area (Å²) < 4.78 is 76.5. The quantitative estimate of drug-likeness (QED) is 0.0355. The Morgan fingerprint density at radius 2 is 1.35 bits per heavy atom. The number of carbonyl (C=O) groups is 5. The highest BCUT2D eigenvalue weighted by Crippen LogP contribution is 2.32. The number of benzene rings is 3. The molecule has 0 aliphatic carbocycles. The lowest BCUT2D eigenvalue weighted by Crippen LogP contribution is -2.48. The fourth-order valence-corrected chi connectivity index (χ4v) is 8.01. The van der Waals surface area contributed by atoms with Gasteiger partial charge in [-0.3, -0.25) is 33.4 Å². The van der Waals surface area contributed by atoms with Gasteiger partial charge in [-0.1, -0.05) is 60.3 Å². The van der Waals surface area contributed by atoms with E-state index in [9.17, 15) is 50.7 Å². The summed E-state index contributed by atoms with van der Waals surface area (Å²) in [4.78, 5) is 74.8. The third-order valence-corrected chi connectivity index (χ3v) is 11.8. The van der Waals surface area contributed by atoms with Crippen LogP contribution in [0.15, 0.2) is 95.3 Å². The van der Waals surface area contributed by atoms with Crippen LogP contribution in [0.1, 0.15) is 66.3 Å². The molecule has 1 saturated heterocycles. The Bertz CT molecular complexity index is 2580. The van der Waals surface area contributed by atoms with Crippen LogP contribution < -0.4 is 5.56 Å². The van der Waals surface area contributed by atoms with E-state index in [4.69, 9.17) is 25.2 Å². The van der Waals surface area contributed by atoms with Crippen LogP contribution >= 0.6 is 11.8 Å². The molecule has 382 valence electrons. The van der Waals surface area contributed by atoms with E-state index in [1.165, 1.54) is 24.3 Å². The van der Waals surface area contributed by atoms with Gasteiger partial charge in [0.05, 0.1) is 44.1 Å². The SMILES string of the molecule is COCCN1CCC(N(Cc2ccc(-c3ccc(C(F)(F)F)cc3)cc2)C(=O)Cn2cc(Cc3cnn(C)c3)c(=O)nc2SCc2cccc(F)c2F)CC1.O=C(O)CCC(=O)O.O=C(O)CCC(=O)O. The molecule has 1 amide bonds. The van der Waals surface area contributed by atoms with Crippen molar-refractivity contribution < 1.29 is 71.1 Å². The summed E-state index contributed by atoms with van der Waals surface area (Å²) in [6.07, 6.45) is 1.09. The molecule has 71 heavy (non-hydrogen) atoms. The standard InChI is InChI=1S/C40H41F5N6O3S.2C4H6O4/c1-48-22-28(21-46-48)20-32-24-50(39(47-38(32)53)55-26-31-4-3-5-35(41)37(31)42)25-36(52)51(34-14-16-49(17-15-34)18-19-54-2)23-27-6-8-29(9-7-27)30-10-12-33(13-11-30)40(43,44)45;2*5-3(6)1-2-4(7)8/h3-13,21-22,24,34H,14-20,23,25-26H2,1-2H3;2*1-2H2,(H,5,6)(H,7,8). The molecule has 0 radical (unpaired) electrons. The van der Waals surface area contributed by atoms with Gasteiger partial charge in [0.25, 0.3) is 5.56 Å². The maximum Gasteiger partial charge on any atom is 0.416 e. The number of rotatable bonds is 20. The number of carboxylic acid groups (broad SMARTS) is 4. The van der Waals surface area contributed by atoms with Crippen LogP contribution in [-0.4, -0.2) is 119 Å². The van der Waals surface area contributed by atoms with Gasteiger partial charge < -0.3 is 39.5 Å². The van der Waals surface area contributed by atoms with Crippen LogP contribution in [0.25, 0.3) is 11.1 Å². The van der Waals surface area contributed by atoms with E-state index < -0.39 is 52.8 Å². The molecule has 0 saturated carbocycles. The molecule has 23 heteroatoms. The first-order valence-electron chi connectivity index (χ1n) is 21.9. The van der Waals surface area contributed by atoms with E-state index >= 15 is 0 Å². The Labute approximate surface area is 408 Å². The minimum atomic E-state index is -4.43. The van der Waals surface area contributed by atoms with E-state index in [0.717, 1.165) is 66.3 Å². The van der Waals surface area contributed by atoms with Crippen molar-refractivity contribution in [3.05, 3.63) is 135 Å². The van der Waals surface area contributed by atoms with E-state index in [-0.39, 0.29) is 73.6 Å². The molecule has 1 aliphatic rings. The van der Waals surface area contributed by atoms with Gasteiger partial charge in [0.2, 0.25) is 5.91 Å². The normalized spacial score (nSPS) is 12.8. The first-order chi connectivity index (χ1) is 33.6. The largest absolute Gasteiger partial charge is 0.481 e. The number of carboxylic acids is 4. The zero-order valence-electron chi connectivity index (χ0n) is 38.7. The van der Waals surface area contributed by atoms with E-state index in [1.807, 2.05) is 29.2 Å². The number of aryl methyl sites for hydroxylation is 1. The van der Waals surface area contributed by atoms with Gasteiger partial charge in [-0.15, -0.1) is 0 Å². The second-order valence-corrected chi connectivity index (χ2v) is 17.1. The maximum absolute atomic E-state index is 14.6. The Balaban J connectivity index is 0.000000588. The van der Waals surface area contributed by atoms with E-state index in [2.05, 4.69) is 15.0 Å². The number of halogens is 5. The molecule has 0 bridgehead atoms. The fraction of sp³-hybridized carbons (Fsp3) is 0.375. The summed E-state index contributed by atoms with van der Waals surface area (Å²) in [5.41, 5.74) is 2.20. The number of hydrogen-bond acceptors (Lipinski definition) is 11. The number of nitrogens with zero attached hydrogens (tertiary/aromatic N) is 6. The predicted octanol–water partition coefficient (Wildman–Crippen LogP) is 6.84. The van der Waals surface area contributed by atoms with E-state index in [1.54, 1.807) is 42.0 Å². The van der Waals surface area contributed by atoms with Crippen LogP contribution in [0, 0.1) is 11.6 Å². The summed E-state index contributed by atoms with van der Waals surface area (Å²) in [6, 6.07) is 16.1. The lowest BCUT2D eigenvalue weighted by Gasteiger charge is -2.39. The molecular weight excluding hydrogens is 964 g/mol. The van der Waals surface area contributed by atoms with Crippen molar-refractivity contribution >= 4 is 41.5 Å². The molecule has 5 aromatic rings. The highest BCUT2D eigenvalue weighted by atomic mass is 32.2. The third-order valence-electron chi connectivity index (χ3n) is 10.8. The number of ether oxygens (including phenoxy) is 1. The number of thioether (sulfide) groups is 1. The smallest absolute Gasteiger partial charge is 0.416 e. The molecule has 0 spiro atoms. The number of alkyl halides is 3. The van der Waals surface area contributed by atoms with Gasteiger partial charge in [0.15, 0.2) is 16.8 Å². The summed E-state index contributed by atoms with van der Waals surface area (Å²) in [6.45, 7) is 2.99. The molecule has 3 aromatic carbocycles. The maximum atomic E-state index is 14.6. The number of hydrogen-bond donors (Lipinski definition) is 4. The van der Waals surface area contributed by atoms with Crippen LogP contribution in [0.3, 0.4) is 0 Å². The molecule has 2 aromatic heterocycles. The molecule has 1 fully saturated rings. The number of aromatic nitrogens is 4. The van der Waals surface area contributed by atoms with Gasteiger partial charge in [-0.2, -0.15) is 23.3 Å². The van der Waals surface area contributed by atoms with Crippen molar-refractivity contribution in [2.75, 3.05) is 33.4 Å². The second-order valence-electron chi connectivity index (χ2n) is 16.1. The molecule has 4 N–H and O–H groups in total. The average Bonchev–Trinajstić information content (AvgIpc) is 3.74. The topological polar surface area (TPSA) is 235 Å². The minimum Gasteiger partial charge on any atom is -0.481 e. The zero-order chi connectivity index (χ0) is 52.3. The number of amides is 1. The first kappa shape index (κ1) is 56.6. The molecule has 1 aliphatic heterocycles. The monoisotopic (exact) mass is 1020 g/mol.